The number of alkyl halides is 3. The first-order valence-electron chi connectivity index (χ1n) is 13.8. The number of para-hydroxylation sites is 1. The first-order chi connectivity index (χ1) is 21.0. The second-order valence-electron chi connectivity index (χ2n) is 10.7. The maximum absolute atomic E-state index is 14.2. The first kappa shape index (κ1) is 30.0. The maximum atomic E-state index is 14.2. The fourth-order valence-electron chi connectivity index (χ4n) is 5.45. The second-order valence-corrected chi connectivity index (χ2v) is 12.7. The first-order valence-corrected chi connectivity index (χ1v) is 15.5. The highest BCUT2D eigenvalue weighted by molar-refractivity contribution is 7.91. The van der Waals surface area contributed by atoms with Crippen LogP contribution in [0.25, 0.3) is 11.4 Å². The molecule has 3 fully saturated rings. The molecule has 1 unspecified atom stereocenters. The van der Waals surface area contributed by atoms with Crippen molar-refractivity contribution in [3.05, 3.63) is 53.9 Å². The zero-order valence-corrected chi connectivity index (χ0v) is 23.9. The molecule has 4 heterocycles. The third kappa shape index (κ3) is 5.88. The minimum absolute atomic E-state index is 0.0861. The summed E-state index contributed by atoms with van der Waals surface area (Å²) in [6.07, 6.45) is -3.49. The Labute approximate surface area is 249 Å². The van der Waals surface area contributed by atoms with E-state index in [4.69, 9.17) is 18.7 Å². The van der Waals surface area contributed by atoms with E-state index >= 15 is 0 Å². The topological polar surface area (TPSA) is 150 Å². The van der Waals surface area contributed by atoms with E-state index in [1.807, 2.05) is 0 Å². The number of urea groups is 1. The molecule has 12 nitrogen and oxygen atoms in total. The van der Waals surface area contributed by atoms with E-state index < -0.39 is 50.9 Å². The molecular weight excluding hydrogens is 609 g/mol. The minimum Gasteiger partial charge on any atom is -0.455 e. The Kier molecular flexibility index (Phi) is 7.83. The van der Waals surface area contributed by atoms with Gasteiger partial charge in [0.2, 0.25) is 11.7 Å². The van der Waals surface area contributed by atoms with E-state index in [1.165, 1.54) is 30.3 Å². The SMILES string of the molecule is O=C1NC2(CCOCC2)C(=O)N1Cc1nc(-c2ccc(Oc3ccccc3S(=O)(=O)CC3CCCO3)c(C(F)(F)F)c2)no1. The molecule has 234 valence electrons. The van der Waals surface area contributed by atoms with Crippen LogP contribution in [0.2, 0.25) is 0 Å². The lowest BCUT2D eigenvalue weighted by molar-refractivity contribution is -0.138. The van der Waals surface area contributed by atoms with Crippen molar-refractivity contribution in [3.63, 3.8) is 0 Å². The van der Waals surface area contributed by atoms with Crippen molar-refractivity contribution < 1.29 is 49.9 Å². The summed E-state index contributed by atoms with van der Waals surface area (Å²) in [5, 5.41) is 6.43. The maximum Gasteiger partial charge on any atom is 0.420 e. The zero-order valence-electron chi connectivity index (χ0n) is 23.1. The molecule has 3 aromatic rings. The predicted molar refractivity (Wildman–Crippen MR) is 144 cm³/mol. The Morgan fingerprint density at radius 1 is 1.07 bits per heavy atom. The lowest BCUT2D eigenvalue weighted by Crippen LogP contribution is -2.51. The van der Waals surface area contributed by atoms with E-state index in [-0.39, 0.29) is 40.2 Å². The number of benzene rings is 2. The molecule has 0 bridgehead atoms. The van der Waals surface area contributed by atoms with Crippen LogP contribution in [0.4, 0.5) is 18.0 Å². The number of carbonyl (C=O) groups is 2. The summed E-state index contributed by atoms with van der Waals surface area (Å²) in [7, 11) is -3.94. The third-order valence-electron chi connectivity index (χ3n) is 7.73. The van der Waals surface area contributed by atoms with Crippen LogP contribution >= 0.6 is 0 Å². The van der Waals surface area contributed by atoms with E-state index in [2.05, 4.69) is 15.5 Å². The van der Waals surface area contributed by atoms with Gasteiger partial charge in [-0.05, 0) is 43.2 Å². The summed E-state index contributed by atoms with van der Waals surface area (Å²) in [5.74, 6) is -2.06. The summed E-state index contributed by atoms with van der Waals surface area (Å²) in [6.45, 7) is 0.694. The average molecular weight is 637 g/mol. The van der Waals surface area contributed by atoms with Crippen molar-refractivity contribution in [1.82, 2.24) is 20.4 Å². The summed E-state index contributed by atoms with van der Waals surface area (Å²) in [5.41, 5.74) is -2.36. The monoisotopic (exact) mass is 636 g/mol. The number of ether oxygens (including phenoxy) is 3. The normalized spacial score (nSPS) is 20.3. The fraction of sp³-hybridized carbons (Fsp3) is 0.429. The standard InChI is InChI=1S/C28H27F3N4O8S/c29-28(30,31)19-14-17(24-32-23(43-34-24)15-35-25(36)27(33-26(35)37)9-12-40-13-10-27)7-8-20(19)42-21-5-1-2-6-22(21)44(38,39)16-18-4-3-11-41-18/h1-2,5-8,14,18H,3-4,9-13,15-16H2,(H,33,37). The second kappa shape index (κ2) is 11.5. The number of halogens is 3. The largest absolute Gasteiger partial charge is 0.455 e. The van der Waals surface area contributed by atoms with Gasteiger partial charge >= 0.3 is 12.2 Å². The molecule has 0 radical (unpaired) electrons. The van der Waals surface area contributed by atoms with Gasteiger partial charge in [-0.3, -0.25) is 9.69 Å². The van der Waals surface area contributed by atoms with Gasteiger partial charge in [0, 0.05) is 38.2 Å². The summed E-state index contributed by atoms with van der Waals surface area (Å²) < 4.78 is 90.3. The number of hydrogen-bond donors (Lipinski definition) is 1. The average Bonchev–Trinajstić information content (AvgIpc) is 3.72. The lowest BCUT2D eigenvalue weighted by Gasteiger charge is -2.30. The quantitative estimate of drug-likeness (QED) is 0.358. The summed E-state index contributed by atoms with van der Waals surface area (Å²) >= 11 is 0. The van der Waals surface area contributed by atoms with Crippen LogP contribution in [0, 0.1) is 0 Å². The molecule has 2 aromatic carbocycles. The smallest absolute Gasteiger partial charge is 0.420 e. The van der Waals surface area contributed by atoms with Crippen molar-refractivity contribution in [3.8, 4) is 22.9 Å². The molecule has 3 amide bonds. The number of sulfone groups is 1. The van der Waals surface area contributed by atoms with Crippen LogP contribution in [0.15, 0.2) is 51.9 Å². The van der Waals surface area contributed by atoms with Gasteiger partial charge in [-0.25, -0.2) is 13.2 Å². The van der Waals surface area contributed by atoms with Crippen molar-refractivity contribution in [2.75, 3.05) is 25.6 Å². The molecule has 3 aliphatic heterocycles. The molecule has 3 saturated heterocycles. The Bertz CT molecular complexity index is 1680. The predicted octanol–water partition coefficient (Wildman–Crippen LogP) is 4.10. The molecular formula is C28H27F3N4O8S. The van der Waals surface area contributed by atoms with Crippen molar-refractivity contribution in [1.29, 1.82) is 0 Å². The van der Waals surface area contributed by atoms with Gasteiger partial charge in [0.05, 0.1) is 17.4 Å². The Morgan fingerprint density at radius 2 is 1.84 bits per heavy atom. The molecule has 0 aliphatic carbocycles. The number of rotatable bonds is 8. The molecule has 1 spiro atoms. The van der Waals surface area contributed by atoms with E-state index in [9.17, 15) is 31.2 Å². The fourth-order valence-corrected chi connectivity index (χ4v) is 7.08. The van der Waals surface area contributed by atoms with Crippen molar-refractivity contribution >= 4 is 21.8 Å². The Morgan fingerprint density at radius 3 is 2.57 bits per heavy atom. The molecule has 0 saturated carbocycles. The van der Waals surface area contributed by atoms with E-state index in [1.54, 1.807) is 0 Å². The van der Waals surface area contributed by atoms with E-state index in [0.29, 0.717) is 39.1 Å². The van der Waals surface area contributed by atoms with Gasteiger partial charge in [-0.2, -0.15) is 18.2 Å². The van der Waals surface area contributed by atoms with Crippen LogP contribution in [-0.4, -0.2) is 72.6 Å². The minimum atomic E-state index is -4.90. The number of amides is 3. The van der Waals surface area contributed by atoms with Gasteiger partial charge in [-0.15, -0.1) is 0 Å². The highest BCUT2D eigenvalue weighted by Gasteiger charge is 2.52. The van der Waals surface area contributed by atoms with Gasteiger partial charge in [0.25, 0.3) is 5.91 Å². The van der Waals surface area contributed by atoms with Crippen LogP contribution in [0.1, 0.15) is 37.1 Å². The number of hydrogen-bond acceptors (Lipinski definition) is 10. The van der Waals surface area contributed by atoms with Crippen molar-refractivity contribution in [2.45, 2.75) is 54.9 Å². The molecule has 1 atom stereocenters. The number of imide groups is 1. The van der Waals surface area contributed by atoms with Gasteiger partial charge < -0.3 is 24.1 Å². The third-order valence-corrected chi connectivity index (χ3v) is 9.55. The van der Waals surface area contributed by atoms with Gasteiger partial charge in [0.15, 0.2) is 9.84 Å². The molecule has 16 heteroatoms. The van der Waals surface area contributed by atoms with Gasteiger partial charge in [-0.1, -0.05) is 17.3 Å². The Balaban J connectivity index is 1.24. The highest BCUT2D eigenvalue weighted by atomic mass is 32.2. The van der Waals surface area contributed by atoms with Crippen molar-refractivity contribution in [2.24, 2.45) is 0 Å². The number of aromatic nitrogens is 2. The van der Waals surface area contributed by atoms with Crippen LogP contribution < -0.4 is 10.1 Å². The summed E-state index contributed by atoms with van der Waals surface area (Å²) in [6, 6.07) is 7.86. The molecule has 44 heavy (non-hydrogen) atoms. The molecule has 3 aliphatic rings. The molecule has 6 rings (SSSR count). The zero-order chi connectivity index (χ0) is 31.1. The molecule has 1 aromatic heterocycles. The number of nitrogens with one attached hydrogen (secondary N) is 1. The van der Waals surface area contributed by atoms with Crippen LogP contribution in [0.5, 0.6) is 11.5 Å². The number of nitrogens with zero attached hydrogens (tertiary/aromatic N) is 3. The van der Waals surface area contributed by atoms with Crippen LogP contribution in [-0.2, 0) is 36.8 Å². The van der Waals surface area contributed by atoms with E-state index in [0.717, 1.165) is 23.5 Å². The highest BCUT2D eigenvalue weighted by Crippen LogP contribution is 2.41. The van der Waals surface area contributed by atoms with Gasteiger partial charge in [0.1, 0.15) is 28.5 Å². The summed E-state index contributed by atoms with van der Waals surface area (Å²) in [4.78, 5) is 30.3. The lowest BCUT2D eigenvalue weighted by atomic mass is 9.90. The Hall–Kier alpha value is -4.02. The van der Waals surface area contributed by atoms with Crippen LogP contribution in [0.3, 0.4) is 0 Å². The number of carbonyl (C=O) groups excluding carboxylic acids is 2. The molecule has 1 N–H and O–H groups in total.